The third kappa shape index (κ3) is 4.20. The van der Waals surface area contributed by atoms with Gasteiger partial charge in [0, 0.05) is 23.6 Å². The first-order chi connectivity index (χ1) is 15.4. The van der Waals surface area contributed by atoms with Gasteiger partial charge in [0.25, 0.3) is 0 Å². The Hall–Kier alpha value is -3.69. The van der Waals surface area contributed by atoms with Crippen molar-refractivity contribution in [1.82, 2.24) is 0 Å². The van der Waals surface area contributed by atoms with Crippen molar-refractivity contribution in [3.05, 3.63) is 106 Å². The summed E-state index contributed by atoms with van der Waals surface area (Å²) in [7, 11) is 1.48. The standard InChI is InChI=1S/C26H15F5O/c1-32-14-16-4-6-19(23(28)11-16)18-12-24(29)21(25(30)13-18)8-3-15-2-7-20-17(10-15)5-9-22(27)26(20)31/h2,4-7,9-13H,14H2,1H3. The fourth-order valence-electron chi connectivity index (χ4n) is 3.37. The van der Waals surface area contributed by atoms with Crippen LogP contribution in [0.25, 0.3) is 21.9 Å². The molecular formula is C26H15F5O. The second-order valence-electron chi connectivity index (χ2n) is 7.11. The number of hydrogen-bond acceptors (Lipinski definition) is 1. The first-order valence-electron chi connectivity index (χ1n) is 9.54. The van der Waals surface area contributed by atoms with Crippen molar-refractivity contribution in [3.63, 3.8) is 0 Å². The molecule has 6 heteroatoms. The van der Waals surface area contributed by atoms with Gasteiger partial charge in [0.1, 0.15) is 17.5 Å². The first-order valence-corrected chi connectivity index (χ1v) is 9.54. The molecule has 0 radical (unpaired) electrons. The van der Waals surface area contributed by atoms with Gasteiger partial charge in [-0.05, 0) is 52.9 Å². The SMILES string of the molecule is COCc1ccc(-c2cc(F)c(C#Cc3ccc4c(F)c(F)ccc4c3)c(F)c2)c(F)c1. The van der Waals surface area contributed by atoms with E-state index in [1.165, 1.54) is 43.5 Å². The number of ether oxygens (including phenoxy) is 1. The van der Waals surface area contributed by atoms with Crippen LogP contribution >= 0.6 is 0 Å². The molecule has 4 aromatic rings. The van der Waals surface area contributed by atoms with Gasteiger partial charge in [0.05, 0.1) is 12.2 Å². The van der Waals surface area contributed by atoms with Crippen LogP contribution in [0.2, 0.25) is 0 Å². The van der Waals surface area contributed by atoms with E-state index < -0.39 is 34.6 Å². The molecule has 0 atom stereocenters. The molecule has 4 aromatic carbocycles. The van der Waals surface area contributed by atoms with Crippen LogP contribution < -0.4 is 0 Å². The maximum Gasteiger partial charge on any atom is 0.166 e. The Morgan fingerprint density at radius 1 is 0.719 bits per heavy atom. The van der Waals surface area contributed by atoms with Crippen LogP contribution in [0.5, 0.6) is 0 Å². The smallest absolute Gasteiger partial charge is 0.166 e. The van der Waals surface area contributed by atoms with Crippen LogP contribution in [-0.2, 0) is 11.3 Å². The molecular weight excluding hydrogens is 423 g/mol. The highest BCUT2D eigenvalue weighted by molar-refractivity contribution is 5.84. The van der Waals surface area contributed by atoms with Gasteiger partial charge in [-0.25, -0.2) is 22.0 Å². The van der Waals surface area contributed by atoms with E-state index in [-0.39, 0.29) is 23.1 Å². The van der Waals surface area contributed by atoms with Gasteiger partial charge in [-0.3, -0.25) is 0 Å². The molecule has 0 N–H and O–H groups in total. The molecule has 0 heterocycles. The summed E-state index contributed by atoms with van der Waals surface area (Å²) < 4.78 is 75.7. The minimum absolute atomic E-state index is 0.0372. The molecule has 4 rings (SSSR count). The molecule has 0 saturated heterocycles. The average Bonchev–Trinajstić information content (AvgIpc) is 2.76. The molecule has 0 aliphatic carbocycles. The minimum Gasteiger partial charge on any atom is -0.380 e. The predicted molar refractivity (Wildman–Crippen MR) is 112 cm³/mol. The quantitative estimate of drug-likeness (QED) is 0.254. The lowest BCUT2D eigenvalue weighted by molar-refractivity contribution is 0.184. The van der Waals surface area contributed by atoms with Gasteiger partial charge in [0.2, 0.25) is 0 Å². The Balaban J connectivity index is 1.68. The van der Waals surface area contributed by atoms with Crippen molar-refractivity contribution >= 4 is 10.8 Å². The Labute approximate surface area is 181 Å². The lowest BCUT2D eigenvalue weighted by atomic mass is 10.0. The second kappa shape index (κ2) is 8.81. The highest BCUT2D eigenvalue weighted by Crippen LogP contribution is 2.28. The van der Waals surface area contributed by atoms with Gasteiger partial charge in [-0.15, -0.1) is 0 Å². The monoisotopic (exact) mass is 438 g/mol. The van der Waals surface area contributed by atoms with E-state index in [4.69, 9.17) is 4.74 Å². The largest absolute Gasteiger partial charge is 0.380 e. The van der Waals surface area contributed by atoms with Gasteiger partial charge >= 0.3 is 0 Å². The molecule has 0 fully saturated rings. The van der Waals surface area contributed by atoms with Crippen LogP contribution in [0.4, 0.5) is 22.0 Å². The topological polar surface area (TPSA) is 9.23 Å². The summed E-state index contributed by atoms with van der Waals surface area (Å²) in [6.45, 7) is 0.213. The number of rotatable bonds is 3. The molecule has 32 heavy (non-hydrogen) atoms. The Bertz CT molecular complexity index is 1380. The molecule has 0 saturated carbocycles. The molecule has 0 aliphatic rings. The highest BCUT2D eigenvalue weighted by atomic mass is 19.2. The summed E-state index contributed by atoms with van der Waals surface area (Å²) in [5, 5.41) is 0.482. The van der Waals surface area contributed by atoms with Gasteiger partial charge in [0.15, 0.2) is 11.6 Å². The third-order valence-electron chi connectivity index (χ3n) is 4.94. The number of fused-ring (bicyclic) bond motifs is 1. The van der Waals surface area contributed by atoms with Crippen LogP contribution in [0.15, 0.2) is 60.7 Å². The van der Waals surface area contributed by atoms with Crippen molar-refractivity contribution in [3.8, 4) is 23.0 Å². The summed E-state index contributed by atoms with van der Waals surface area (Å²) >= 11 is 0. The van der Waals surface area contributed by atoms with Gasteiger partial charge < -0.3 is 4.74 Å². The molecule has 0 amide bonds. The first kappa shape index (κ1) is 21.5. The van der Waals surface area contributed by atoms with Crippen LogP contribution in [0, 0.1) is 40.9 Å². The van der Waals surface area contributed by atoms with Crippen LogP contribution in [-0.4, -0.2) is 7.11 Å². The molecule has 0 aromatic heterocycles. The second-order valence-corrected chi connectivity index (χ2v) is 7.11. The van der Waals surface area contributed by atoms with E-state index in [0.717, 1.165) is 18.2 Å². The summed E-state index contributed by atoms with van der Waals surface area (Å²) in [6.07, 6.45) is 0. The van der Waals surface area contributed by atoms with Crippen molar-refractivity contribution in [2.75, 3.05) is 7.11 Å². The molecule has 160 valence electrons. The molecule has 1 nitrogen and oxygen atoms in total. The normalized spacial score (nSPS) is 10.8. The number of methoxy groups -OCH3 is 1. The predicted octanol–water partition coefficient (Wildman–Crippen LogP) is 6.75. The minimum atomic E-state index is -0.975. The maximum absolute atomic E-state index is 14.6. The van der Waals surface area contributed by atoms with E-state index in [9.17, 15) is 22.0 Å². The Morgan fingerprint density at radius 2 is 1.47 bits per heavy atom. The molecule has 0 spiro atoms. The highest BCUT2D eigenvalue weighted by Gasteiger charge is 2.14. The average molecular weight is 438 g/mol. The summed E-state index contributed by atoms with van der Waals surface area (Å²) in [5.41, 5.74) is 0.568. The zero-order chi connectivity index (χ0) is 22.8. The molecule has 0 unspecified atom stereocenters. The fourth-order valence-corrected chi connectivity index (χ4v) is 3.37. The zero-order valence-electron chi connectivity index (χ0n) is 16.8. The van der Waals surface area contributed by atoms with E-state index in [0.29, 0.717) is 16.5 Å². The Morgan fingerprint density at radius 3 is 2.16 bits per heavy atom. The lowest BCUT2D eigenvalue weighted by Crippen LogP contribution is -1.95. The number of hydrogen-bond donors (Lipinski definition) is 0. The van der Waals surface area contributed by atoms with Gasteiger partial charge in [-0.1, -0.05) is 36.1 Å². The summed E-state index contributed by atoms with van der Waals surface area (Å²) in [5.74, 6) is 0.601. The Kier molecular flexibility index (Phi) is 5.93. The number of halogens is 5. The van der Waals surface area contributed by atoms with E-state index >= 15 is 0 Å². The maximum atomic E-state index is 14.6. The zero-order valence-corrected chi connectivity index (χ0v) is 16.8. The fraction of sp³-hybridized carbons (Fsp3) is 0.0769. The van der Waals surface area contributed by atoms with Crippen molar-refractivity contribution in [2.24, 2.45) is 0 Å². The van der Waals surface area contributed by atoms with E-state index in [2.05, 4.69) is 11.8 Å². The van der Waals surface area contributed by atoms with E-state index in [1.54, 1.807) is 6.07 Å². The third-order valence-corrected chi connectivity index (χ3v) is 4.94. The molecule has 0 bridgehead atoms. The summed E-state index contributed by atoms with van der Waals surface area (Å²) in [4.78, 5) is 0. The van der Waals surface area contributed by atoms with Crippen LogP contribution in [0.1, 0.15) is 16.7 Å². The van der Waals surface area contributed by atoms with Crippen LogP contribution in [0.3, 0.4) is 0 Å². The number of benzene rings is 4. The van der Waals surface area contributed by atoms with E-state index in [1.807, 2.05) is 0 Å². The van der Waals surface area contributed by atoms with Gasteiger partial charge in [-0.2, -0.15) is 0 Å². The molecule has 0 aliphatic heterocycles. The van der Waals surface area contributed by atoms with Crippen molar-refractivity contribution in [2.45, 2.75) is 6.61 Å². The van der Waals surface area contributed by atoms with Crippen molar-refractivity contribution in [1.29, 1.82) is 0 Å². The summed E-state index contributed by atoms with van der Waals surface area (Å²) in [6, 6.07) is 13.0. The van der Waals surface area contributed by atoms with Crippen molar-refractivity contribution < 1.29 is 26.7 Å². The lowest BCUT2D eigenvalue weighted by Gasteiger charge is -2.08.